The molecule has 1 N–H and O–H groups in total. The summed E-state index contributed by atoms with van der Waals surface area (Å²) < 4.78 is 26.4. The van der Waals surface area contributed by atoms with Gasteiger partial charge in [-0.25, -0.2) is 14.4 Å². The lowest BCUT2D eigenvalue weighted by Crippen LogP contribution is -2.12. The molecule has 2 aromatic carbocycles. The van der Waals surface area contributed by atoms with Crippen molar-refractivity contribution in [2.75, 3.05) is 33.0 Å². The van der Waals surface area contributed by atoms with E-state index in [-0.39, 0.29) is 25.4 Å². The average molecular weight is 499 g/mol. The maximum Gasteiger partial charge on any atom is 0.343 e. The molecule has 0 atom stereocenters. The topological polar surface area (TPSA) is 118 Å². The smallest absolute Gasteiger partial charge is 0.343 e. The van der Waals surface area contributed by atoms with Gasteiger partial charge in [0.25, 0.3) is 0 Å². The van der Waals surface area contributed by atoms with Crippen LogP contribution in [0.3, 0.4) is 0 Å². The Hall–Kier alpha value is -4.11. The van der Waals surface area contributed by atoms with Gasteiger partial charge in [0, 0.05) is 5.57 Å². The van der Waals surface area contributed by atoms with Gasteiger partial charge in [-0.1, -0.05) is 13.2 Å². The molecule has 36 heavy (non-hydrogen) atoms. The van der Waals surface area contributed by atoms with Crippen LogP contribution in [-0.2, 0) is 19.1 Å². The van der Waals surface area contributed by atoms with Crippen molar-refractivity contribution in [3.63, 3.8) is 0 Å². The zero-order valence-corrected chi connectivity index (χ0v) is 20.2. The fourth-order valence-corrected chi connectivity index (χ4v) is 2.60. The zero-order valence-electron chi connectivity index (χ0n) is 20.2. The Morgan fingerprint density at radius 1 is 0.722 bits per heavy atom. The maximum absolute atomic E-state index is 12.4. The van der Waals surface area contributed by atoms with Crippen LogP contribution in [0, 0.1) is 0 Å². The standard InChI is InChI=1S/C27H30O9/c1-19(2)25(29)35-17-16-33-22-8-6-21(7-9-22)27(31)36-24-12-10-23(11-13-24)32-14-4-5-15-34-26(30)20(3)18-28/h6-13,28H,1,3-5,14-18H2,2H3. The SMILES string of the molecule is C=C(C)C(=O)OCCOc1ccc(C(=O)Oc2ccc(OCCCCOC(=O)C(=C)CO)cc2)cc1. The first kappa shape index (κ1) is 28.1. The number of esters is 3. The minimum absolute atomic E-state index is 0.0221. The van der Waals surface area contributed by atoms with Gasteiger partial charge < -0.3 is 28.8 Å². The summed E-state index contributed by atoms with van der Waals surface area (Å²) >= 11 is 0. The summed E-state index contributed by atoms with van der Waals surface area (Å²) in [4.78, 5) is 35.0. The molecule has 0 aromatic heterocycles. The average Bonchev–Trinajstić information content (AvgIpc) is 2.88. The highest BCUT2D eigenvalue weighted by atomic mass is 16.6. The molecule has 0 unspecified atom stereocenters. The molecule has 0 heterocycles. The van der Waals surface area contributed by atoms with Crippen molar-refractivity contribution >= 4 is 17.9 Å². The first-order valence-electron chi connectivity index (χ1n) is 11.3. The summed E-state index contributed by atoms with van der Waals surface area (Å²) in [5.41, 5.74) is 0.688. The number of aliphatic hydroxyl groups excluding tert-OH is 1. The molecule has 0 amide bonds. The second kappa shape index (κ2) is 15.0. The minimum atomic E-state index is -0.605. The number of benzene rings is 2. The van der Waals surface area contributed by atoms with Gasteiger partial charge in [0.05, 0.1) is 31.0 Å². The first-order valence-corrected chi connectivity index (χ1v) is 11.3. The number of carbonyl (C=O) groups excluding carboxylic acids is 3. The largest absolute Gasteiger partial charge is 0.494 e. The van der Waals surface area contributed by atoms with Crippen LogP contribution in [0.1, 0.15) is 30.1 Å². The monoisotopic (exact) mass is 498 g/mol. The third-order valence-electron chi connectivity index (χ3n) is 4.58. The van der Waals surface area contributed by atoms with E-state index in [1.807, 2.05) is 0 Å². The summed E-state index contributed by atoms with van der Waals surface area (Å²) in [7, 11) is 0. The lowest BCUT2D eigenvalue weighted by Gasteiger charge is -2.09. The van der Waals surface area contributed by atoms with Gasteiger partial charge in [-0.2, -0.15) is 0 Å². The molecule has 9 nitrogen and oxygen atoms in total. The number of unbranched alkanes of at least 4 members (excludes halogenated alkanes) is 1. The van der Waals surface area contributed by atoms with E-state index in [9.17, 15) is 14.4 Å². The van der Waals surface area contributed by atoms with E-state index >= 15 is 0 Å². The molecule has 0 fully saturated rings. The van der Waals surface area contributed by atoms with Crippen LogP contribution in [0.4, 0.5) is 0 Å². The highest BCUT2D eigenvalue weighted by Gasteiger charge is 2.10. The predicted molar refractivity (Wildman–Crippen MR) is 131 cm³/mol. The van der Waals surface area contributed by atoms with Crippen LogP contribution in [-0.4, -0.2) is 56.0 Å². The predicted octanol–water partition coefficient (Wildman–Crippen LogP) is 3.65. The Labute approximate surface area is 209 Å². The van der Waals surface area contributed by atoms with E-state index in [0.29, 0.717) is 47.8 Å². The van der Waals surface area contributed by atoms with Gasteiger partial charge in [0.15, 0.2) is 0 Å². The highest BCUT2D eigenvalue weighted by Crippen LogP contribution is 2.20. The summed E-state index contributed by atoms with van der Waals surface area (Å²) in [6.07, 6.45) is 1.27. The molecule has 2 rings (SSSR count). The molecule has 192 valence electrons. The molecule has 0 aliphatic rings. The van der Waals surface area contributed by atoms with Crippen LogP contribution in [0.5, 0.6) is 17.2 Å². The summed E-state index contributed by atoms with van der Waals surface area (Å²) in [6.45, 7) is 8.93. The quantitative estimate of drug-likeness (QED) is 0.170. The number of rotatable bonds is 15. The zero-order chi connectivity index (χ0) is 26.3. The Kier molecular flexibility index (Phi) is 11.7. The van der Waals surface area contributed by atoms with Crippen LogP contribution >= 0.6 is 0 Å². The normalized spacial score (nSPS) is 10.2. The van der Waals surface area contributed by atoms with E-state index in [4.69, 9.17) is 28.8 Å². The van der Waals surface area contributed by atoms with Gasteiger partial charge in [0.1, 0.15) is 30.5 Å². The van der Waals surface area contributed by atoms with Crippen molar-refractivity contribution < 1.29 is 43.2 Å². The van der Waals surface area contributed by atoms with Gasteiger partial charge in [-0.3, -0.25) is 0 Å². The molecule has 2 aromatic rings. The molecule has 0 saturated heterocycles. The molecule has 0 saturated carbocycles. The second-order valence-corrected chi connectivity index (χ2v) is 7.60. The van der Waals surface area contributed by atoms with E-state index in [0.717, 1.165) is 0 Å². The summed E-state index contributed by atoms with van der Waals surface area (Å²) in [5.74, 6) is -0.110. The number of aliphatic hydroxyl groups is 1. The van der Waals surface area contributed by atoms with Crippen LogP contribution < -0.4 is 14.2 Å². The number of hydrogen-bond donors (Lipinski definition) is 1. The van der Waals surface area contributed by atoms with E-state index in [1.165, 1.54) is 0 Å². The van der Waals surface area contributed by atoms with Crippen LogP contribution in [0.25, 0.3) is 0 Å². The van der Waals surface area contributed by atoms with Gasteiger partial charge >= 0.3 is 17.9 Å². The molecule has 0 bridgehead atoms. The number of ether oxygens (including phenoxy) is 5. The third-order valence-corrected chi connectivity index (χ3v) is 4.58. The van der Waals surface area contributed by atoms with Crippen molar-refractivity contribution in [2.45, 2.75) is 19.8 Å². The highest BCUT2D eigenvalue weighted by molar-refractivity contribution is 5.91. The Balaban J connectivity index is 1.68. The van der Waals surface area contributed by atoms with Crippen molar-refractivity contribution in [3.8, 4) is 17.2 Å². The number of hydrogen-bond acceptors (Lipinski definition) is 9. The molecule has 0 aliphatic heterocycles. The second-order valence-electron chi connectivity index (χ2n) is 7.60. The van der Waals surface area contributed by atoms with Crippen molar-refractivity contribution in [3.05, 3.63) is 78.4 Å². The fraction of sp³-hybridized carbons (Fsp3) is 0.296. The Morgan fingerprint density at radius 3 is 1.86 bits per heavy atom. The lowest BCUT2D eigenvalue weighted by molar-refractivity contribution is -0.140. The fourth-order valence-electron chi connectivity index (χ4n) is 2.60. The van der Waals surface area contributed by atoms with Gasteiger partial charge in [-0.15, -0.1) is 0 Å². The molecule has 0 spiro atoms. The molecule has 0 radical (unpaired) electrons. The molecule has 0 aliphatic carbocycles. The number of carbonyl (C=O) groups is 3. The third kappa shape index (κ3) is 10.0. The molecular formula is C27H30O9. The van der Waals surface area contributed by atoms with E-state index in [2.05, 4.69) is 13.2 Å². The van der Waals surface area contributed by atoms with E-state index < -0.39 is 24.5 Å². The summed E-state index contributed by atoms with van der Waals surface area (Å²) in [6, 6.07) is 13.0. The molecule has 9 heteroatoms. The van der Waals surface area contributed by atoms with Crippen LogP contribution in [0.2, 0.25) is 0 Å². The lowest BCUT2D eigenvalue weighted by atomic mass is 10.2. The summed E-state index contributed by atoms with van der Waals surface area (Å²) in [5, 5.41) is 8.80. The van der Waals surface area contributed by atoms with Crippen molar-refractivity contribution in [1.82, 2.24) is 0 Å². The van der Waals surface area contributed by atoms with Crippen LogP contribution in [0.15, 0.2) is 72.8 Å². The van der Waals surface area contributed by atoms with Gasteiger partial charge in [0.2, 0.25) is 0 Å². The van der Waals surface area contributed by atoms with Gasteiger partial charge in [-0.05, 0) is 68.3 Å². The van der Waals surface area contributed by atoms with Crippen molar-refractivity contribution in [2.24, 2.45) is 0 Å². The first-order chi connectivity index (χ1) is 17.3. The maximum atomic E-state index is 12.4. The Bertz CT molecular complexity index is 1040. The molecular weight excluding hydrogens is 468 g/mol. The van der Waals surface area contributed by atoms with Crippen molar-refractivity contribution in [1.29, 1.82) is 0 Å². The van der Waals surface area contributed by atoms with E-state index in [1.54, 1.807) is 55.5 Å². The Morgan fingerprint density at radius 2 is 1.25 bits per heavy atom. The minimum Gasteiger partial charge on any atom is -0.494 e.